The third-order valence-corrected chi connectivity index (χ3v) is 6.12. The largest absolute Gasteiger partial charge is 0.349 e. The van der Waals surface area contributed by atoms with Gasteiger partial charge in [0.2, 0.25) is 17.6 Å². The van der Waals surface area contributed by atoms with E-state index in [-0.39, 0.29) is 17.9 Å². The van der Waals surface area contributed by atoms with E-state index in [2.05, 4.69) is 52.4 Å². The lowest BCUT2D eigenvalue weighted by Crippen LogP contribution is -2.43. The minimum Gasteiger partial charge on any atom is -0.349 e. The number of nitrogens with one attached hydrogen (secondary N) is 1. The normalized spacial score (nSPS) is 18.0. The van der Waals surface area contributed by atoms with Crippen molar-refractivity contribution in [2.24, 2.45) is 5.92 Å². The van der Waals surface area contributed by atoms with Gasteiger partial charge in [0.05, 0.1) is 18.5 Å². The molecule has 0 aliphatic carbocycles. The second kappa shape index (κ2) is 9.43. The maximum absolute atomic E-state index is 12.9. The molecule has 0 saturated carbocycles. The van der Waals surface area contributed by atoms with Gasteiger partial charge in [-0.1, -0.05) is 53.7 Å². The fraction of sp³-hybridized carbons (Fsp3) is 0.400. The molecule has 0 bridgehead atoms. The molecule has 1 aromatic heterocycles. The van der Waals surface area contributed by atoms with Crippen LogP contribution < -0.4 is 5.32 Å². The van der Waals surface area contributed by atoms with Gasteiger partial charge in [0, 0.05) is 12.1 Å². The number of aryl methyl sites for hydroxylation is 2. The van der Waals surface area contributed by atoms with E-state index >= 15 is 0 Å². The first-order chi connectivity index (χ1) is 15.0. The van der Waals surface area contributed by atoms with Gasteiger partial charge < -0.3 is 9.84 Å². The van der Waals surface area contributed by atoms with Gasteiger partial charge in [-0.2, -0.15) is 4.98 Å². The quantitative estimate of drug-likeness (QED) is 0.641. The summed E-state index contributed by atoms with van der Waals surface area (Å²) in [5.74, 6) is 1.28. The maximum atomic E-state index is 12.9. The molecule has 1 aliphatic rings. The van der Waals surface area contributed by atoms with Crippen molar-refractivity contribution in [2.45, 2.75) is 46.2 Å². The Morgan fingerprint density at radius 3 is 2.77 bits per heavy atom. The summed E-state index contributed by atoms with van der Waals surface area (Å²) in [7, 11) is 0. The van der Waals surface area contributed by atoms with Crippen molar-refractivity contribution >= 4 is 5.91 Å². The van der Waals surface area contributed by atoms with Gasteiger partial charge in [0.1, 0.15) is 0 Å². The minimum atomic E-state index is -0.0285. The average molecular weight is 419 g/mol. The monoisotopic (exact) mass is 418 g/mol. The Balaban J connectivity index is 1.34. The van der Waals surface area contributed by atoms with Crippen molar-refractivity contribution in [1.29, 1.82) is 0 Å². The number of hydrogen-bond acceptors (Lipinski definition) is 5. The van der Waals surface area contributed by atoms with Crippen LogP contribution in [0.4, 0.5) is 0 Å². The summed E-state index contributed by atoms with van der Waals surface area (Å²) in [4.78, 5) is 19.7. The lowest BCUT2D eigenvalue weighted by atomic mass is 9.96. The van der Waals surface area contributed by atoms with Gasteiger partial charge in [0.15, 0.2) is 0 Å². The van der Waals surface area contributed by atoms with E-state index in [1.807, 2.05) is 37.3 Å². The van der Waals surface area contributed by atoms with Crippen molar-refractivity contribution < 1.29 is 9.32 Å². The minimum absolute atomic E-state index is 0.00783. The molecule has 2 unspecified atom stereocenters. The third-order valence-electron chi connectivity index (χ3n) is 6.12. The highest BCUT2D eigenvalue weighted by molar-refractivity contribution is 5.79. The van der Waals surface area contributed by atoms with E-state index in [1.165, 1.54) is 11.1 Å². The molecule has 2 atom stereocenters. The van der Waals surface area contributed by atoms with Crippen LogP contribution in [0.3, 0.4) is 0 Å². The fourth-order valence-corrected chi connectivity index (χ4v) is 4.08. The smallest absolute Gasteiger partial charge is 0.241 e. The van der Waals surface area contributed by atoms with E-state index in [0.29, 0.717) is 24.8 Å². The van der Waals surface area contributed by atoms with Crippen molar-refractivity contribution in [3.8, 4) is 11.4 Å². The van der Waals surface area contributed by atoms with Crippen LogP contribution in [0, 0.1) is 19.8 Å². The molecule has 1 amide bonds. The summed E-state index contributed by atoms with van der Waals surface area (Å²) in [5, 5.41) is 7.31. The second-order valence-corrected chi connectivity index (χ2v) is 8.53. The Morgan fingerprint density at radius 1 is 1.19 bits per heavy atom. The van der Waals surface area contributed by atoms with Gasteiger partial charge in [-0.15, -0.1) is 0 Å². The van der Waals surface area contributed by atoms with Gasteiger partial charge in [-0.3, -0.25) is 9.69 Å². The van der Waals surface area contributed by atoms with Crippen LogP contribution in [0.15, 0.2) is 53.1 Å². The van der Waals surface area contributed by atoms with Crippen molar-refractivity contribution in [3.05, 3.63) is 71.1 Å². The van der Waals surface area contributed by atoms with E-state index in [4.69, 9.17) is 4.52 Å². The van der Waals surface area contributed by atoms with Crippen LogP contribution in [0.2, 0.25) is 0 Å². The molecule has 2 aromatic carbocycles. The van der Waals surface area contributed by atoms with Crippen LogP contribution in [-0.4, -0.2) is 34.0 Å². The predicted molar refractivity (Wildman–Crippen MR) is 120 cm³/mol. The third kappa shape index (κ3) is 5.20. The first-order valence-electron chi connectivity index (χ1n) is 11.0. The molecule has 2 heterocycles. The van der Waals surface area contributed by atoms with Crippen molar-refractivity contribution in [1.82, 2.24) is 20.4 Å². The molecular formula is C25H30N4O2. The zero-order valence-electron chi connectivity index (χ0n) is 18.5. The van der Waals surface area contributed by atoms with Crippen LogP contribution in [0.5, 0.6) is 0 Å². The molecule has 162 valence electrons. The fourth-order valence-electron chi connectivity index (χ4n) is 4.08. The lowest BCUT2D eigenvalue weighted by molar-refractivity contribution is -0.127. The molecule has 0 radical (unpaired) electrons. The zero-order chi connectivity index (χ0) is 21.8. The molecule has 0 spiro atoms. The molecule has 1 saturated heterocycles. The summed E-state index contributed by atoms with van der Waals surface area (Å²) in [6.45, 7) is 8.45. The summed E-state index contributed by atoms with van der Waals surface area (Å²) < 4.78 is 5.46. The van der Waals surface area contributed by atoms with E-state index in [0.717, 1.165) is 30.5 Å². The van der Waals surface area contributed by atoms with Gasteiger partial charge >= 0.3 is 0 Å². The standard InChI is InChI=1S/C25H30N4O2/c1-17-11-12-21(14-18(17)2)19(3)26-25(30)22-10-7-13-29(15-22)16-23-27-24(28-31-23)20-8-5-4-6-9-20/h4-6,8-9,11-12,14,19,22H,7,10,13,15-16H2,1-3H3,(H,26,30). The van der Waals surface area contributed by atoms with E-state index in [1.54, 1.807) is 0 Å². The van der Waals surface area contributed by atoms with E-state index < -0.39 is 0 Å². The number of aromatic nitrogens is 2. The Kier molecular flexibility index (Phi) is 6.47. The number of benzene rings is 2. The van der Waals surface area contributed by atoms with Crippen LogP contribution >= 0.6 is 0 Å². The number of amides is 1. The number of nitrogens with zero attached hydrogens (tertiary/aromatic N) is 3. The first kappa shape index (κ1) is 21.2. The van der Waals surface area contributed by atoms with Crippen molar-refractivity contribution in [3.63, 3.8) is 0 Å². The first-order valence-corrected chi connectivity index (χ1v) is 11.0. The summed E-state index contributed by atoms with van der Waals surface area (Å²) in [6, 6.07) is 16.2. The van der Waals surface area contributed by atoms with Crippen LogP contribution in [0.1, 0.15) is 48.4 Å². The van der Waals surface area contributed by atoms with Crippen LogP contribution in [0.25, 0.3) is 11.4 Å². The Hall–Kier alpha value is -2.99. The summed E-state index contributed by atoms with van der Waals surface area (Å²) in [6.07, 6.45) is 1.89. The number of rotatable bonds is 6. The molecule has 1 fully saturated rings. The zero-order valence-corrected chi connectivity index (χ0v) is 18.5. The second-order valence-electron chi connectivity index (χ2n) is 8.53. The SMILES string of the molecule is Cc1ccc(C(C)NC(=O)C2CCCN(Cc3nc(-c4ccccc4)no3)C2)cc1C. The molecule has 6 nitrogen and oxygen atoms in total. The molecule has 1 aliphatic heterocycles. The number of piperidine rings is 1. The average Bonchev–Trinajstić information content (AvgIpc) is 3.25. The molecule has 3 aromatic rings. The number of hydrogen-bond donors (Lipinski definition) is 1. The molecule has 4 rings (SSSR count). The van der Waals surface area contributed by atoms with E-state index in [9.17, 15) is 4.79 Å². The lowest BCUT2D eigenvalue weighted by Gasteiger charge is -2.31. The maximum Gasteiger partial charge on any atom is 0.241 e. The highest BCUT2D eigenvalue weighted by Gasteiger charge is 2.28. The number of likely N-dealkylation sites (tertiary alicyclic amines) is 1. The Bertz CT molecular complexity index is 1030. The Labute approximate surface area is 183 Å². The summed E-state index contributed by atoms with van der Waals surface area (Å²) in [5.41, 5.74) is 4.59. The number of carbonyl (C=O) groups excluding carboxylic acids is 1. The molecular weight excluding hydrogens is 388 g/mol. The topological polar surface area (TPSA) is 71.3 Å². The van der Waals surface area contributed by atoms with Gasteiger partial charge in [0.25, 0.3) is 0 Å². The molecule has 6 heteroatoms. The Morgan fingerprint density at radius 2 is 2.00 bits per heavy atom. The molecule has 31 heavy (non-hydrogen) atoms. The predicted octanol–water partition coefficient (Wildman–Crippen LogP) is 4.44. The van der Waals surface area contributed by atoms with Gasteiger partial charge in [-0.25, -0.2) is 0 Å². The highest BCUT2D eigenvalue weighted by atomic mass is 16.5. The molecule has 1 N–H and O–H groups in total. The van der Waals surface area contributed by atoms with Crippen molar-refractivity contribution in [2.75, 3.05) is 13.1 Å². The number of carbonyl (C=O) groups is 1. The highest BCUT2D eigenvalue weighted by Crippen LogP contribution is 2.22. The van der Waals surface area contributed by atoms with Gasteiger partial charge in [-0.05, 0) is 56.8 Å². The summed E-state index contributed by atoms with van der Waals surface area (Å²) >= 11 is 0. The van der Waals surface area contributed by atoms with Crippen LogP contribution in [-0.2, 0) is 11.3 Å².